The summed E-state index contributed by atoms with van der Waals surface area (Å²) in [5.41, 5.74) is 0.611. The van der Waals surface area contributed by atoms with Gasteiger partial charge in [0.2, 0.25) is 5.43 Å². The standard InChI is InChI=1S/C16H17NO4/c1-3-21-16(19)13-9-17(10-4-5-10)14-7-6-11(20-2)8-12(14)15(13)18/h6-10H,3-5H2,1-2H3. The quantitative estimate of drug-likeness (QED) is 0.811. The number of fused-ring (bicyclic) bond motifs is 1. The van der Waals surface area contributed by atoms with Gasteiger partial charge >= 0.3 is 5.97 Å². The molecular weight excluding hydrogens is 270 g/mol. The van der Waals surface area contributed by atoms with Crippen LogP contribution in [0.4, 0.5) is 0 Å². The van der Waals surface area contributed by atoms with Crippen LogP contribution in [0.1, 0.15) is 36.2 Å². The SMILES string of the molecule is CCOC(=O)c1cn(C2CC2)c2ccc(OC)cc2c1=O. The van der Waals surface area contributed by atoms with Crippen molar-refractivity contribution in [2.45, 2.75) is 25.8 Å². The minimum absolute atomic E-state index is 0.0875. The first-order valence-electron chi connectivity index (χ1n) is 7.05. The number of rotatable bonds is 4. The fraction of sp³-hybridized carbons (Fsp3) is 0.375. The second kappa shape index (κ2) is 5.24. The molecule has 1 aliphatic rings. The van der Waals surface area contributed by atoms with Crippen molar-refractivity contribution in [3.63, 3.8) is 0 Å². The molecule has 0 amide bonds. The number of ether oxygens (including phenoxy) is 2. The molecule has 0 saturated heterocycles. The number of esters is 1. The van der Waals surface area contributed by atoms with Gasteiger partial charge in [-0.25, -0.2) is 4.79 Å². The van der Waals surface area contributed by atoms with Crippen LogP contribution in [-0.4, -0.2) is 24.3 Å². The smallest absolute Gasteiger partial charge is 0.343 e. The first kappa shape index (κ1) is 13.7. The summed E-state index contributed by atoms with van der Waals surface area (Å²) in [6.07, 6.45) is 3.76. The summed E-state index contributed by atoms with van der Waals surface area (Å²) >= 11 is 0. The van der Waals surface area contributed by atoms with E-state index in [9.17, 15) is 9.59 Å². The van der Waals surface area contributed by atoms with Gasteiger partial charge in [-0.15, -0.1) is 0 Å². The van der Waals surface area contributed by atoms with Gasteiger partial charge in [0.15, 0.2) is 0 Å². The third kappa shape index (κ3) is 2.39. The number of nitrogens with zero attached hydrogens (tertiary/aromatic N) is 1. The van der Waals surface area contributed by atoms with Gasteiger partial charge in [0.25, 0.3) is 0 Å². The molecule has 1 aromatic carbocycles. The zero-order valence-electron chi connectivity index (χ0n) is 12.1. The van der Waals surface area contributed by atoms with Crippen LogP contribution >= 0.6 is 0 Å². The molecule has 1 fully saturated rings. The molecule has 3 rings (SSSR count). The zero-order valence-corrected chi connectivity index (χ0v) is 12.1. The largest absolute Gasteiger partial charge is 0.497 e. The van der Waals surface area contributed by atoms with Crippen molar-refractivity contribution in [1.29, 1.82) is 0 Å². The lowest BCUT2D eigenvalue weighted by molar-refractivity contribution is 0.0524. The fourth-order valence-corrected chi connectivity index (χ4v) is 2.47. The van der Waals surface area contributed by atoms with Gasteiger partial charge in [0.1, 0.15) is 11.3 Å². The highest BCUT2D eigenvalue weighted by molar-refractivity contribution is 5.94. The lowest BCUT2D eigenvalue weighted by Crippen LogP contribution is -2.20. The summed E-state index contributed by atoms with van der Waals surface area (Å²) in [6, 6.07) is 5.72. The highest BCUT2D eigenvalue weighted by Crippen LogP contribution is 2.37. The minimum atomic E-state index is -0.568. The van der Waals surface area contributed by atoms with E-state index in [1.165, 1.54) is 0 Å². The van der Waals surface area contributed by atoms with E-state index in [4.69, 9.17) is 9.47 Å². The first-order chi connectivity index (χ1) is 10.2. The van der Waals surface area contributed by atoms with Gasteiger partial charge in [-0.1, -0.05) is 0 Å². The van der Waals surface area contributed by atoms with Crippen LogP contribution in [0.5, 0.6) is 5.75 Å². The fourth-order valence-electron chi connectivity index (χ4n) is 2.47. The van der Waals surface area contributed by atoms with Crippen LogP contribution in [0.25, 0.3) is 10.9 Å². The minimum Gasteiger partial charge on any atom is -0.497 e. The molecule has 0 radical (unpaired) electrons. The number of carbonyl (C=O) groups excluding carboxylic acids is 1. The van der Waals surface area contributed by atoms with Crippen molar-refractivity contribution in [2.75, 3.05) is 13.7 Å². The van der Waals surface area contributed by atoms with Crippen molar-refractivity contribution >= 4 is 16.9 Å². The van der Waals surface area contributed by atoms with Crippen molar-refractivity contribution in [1.82, 2.24) is 4.57 Å². The Hall–Kier alpha value is -2.30. The number of hydrogen-bond donors (Lipinski definition) is 0. The van der Waals surface area contributed by atoms with Gasteiger partial charge in [-0.3, -0.25) is 4.79 Å². The third-order valence-corrected chi connectivity index (χ3v) is 3.67. The lowest BCUT2D eigenvalue weighted by Gasteiger charge is -2.13. The molecule has 0 unspecified atom stereocenters. The Morgan fingerprint density at radius 1 is 1.38 bits per heavy atom. The Bertz CT molecular complexity index is 759. The number of carbonyl (C=O) groups is 1. The predicted molar refractivity (Wildman–Crippen MR) is 79.0 cm³/mol. The van der Waals surface area contributed by atoms with E-state index >= 15 is 0 Å². The molecule has 110 valence electrons. The van der Waals surface area contributed by atoms with Crippen LogP contribution in [0.2, 0.25) is 0 Å². The second-order valence-electron chi connectivity index (χ2n) is 5.11. The summed E-state index contributed by atoms with van der Waals surface area (Å²) in [7, 11) is 1.55. The molecule has 2 aromatic rings. The van der Waals surface area contributed by atoms with Crippen molar-refractivity contribution in [2.24, 2.45) is 0 Å². The summed E-state index contributed by atoms with van der Waals surface area (Å²) < 4.78 is 12.2. The van der Waals surface area contributed by atoms with E-state index < -0.39 is 5.97 Å². The Labute approximate surface area is 122 Å². The molecule has 21 heavy (non-hydrogen) atoms. The monoisotopic (exact) mass is 287 g/mol. The summed E-state index contributed by atoms with van der Waals surface area (Å²) in [5.74, 6) is 0.0320. The third-order valence-electron chi connectivity index (χ3n) is 3.67. The molecule has 0 atom stereocenters. The van der Waals surface area contributed by atoms with E-state index in [0.717, 1.165) is 18.4 Å². The maximum Gasteiger partial charge on any atom is 0.343 e. The summed E-state index contributed by atoms with van der Waals surface area (Å²) in [6.45, 7) is 1.97. The van der Waals surface area contributed by atoms with Gasteiger partial charge in [-0.2, -0.15) is 0 Å². The normalized spacial score (nSPS) is 14.2. The number of aromatic nitrogens is 1. The number of hydrogen-bond acceptors (Lipinski definition) is 4. The van der Waals surface area contributed by atoms with E-state index in [0.29, 0.717) is 17.2 Å². The van der Waals surface area contributed by atoms with Gasteiger partial charge in [-0.05, 0) is 38.0 Å². The maximum atomic E-state index is 12.5. The van der Waals surface area contributed by atoms with Gasteiger partial charge in [0.05, 0.1) is 24.6 Å². The van der Waals surface area contributed by atoms with Crippen LogP contribution in [0.15, 0.2) is 29.2 Å². The molecule has 0 N–H and O–H groups in total. The van der Waals surface area contributed by atoms with Crippen molar-refractivity contribution in [3.8, 4) is 5.75 Å². The Morgan fingerprint density at radius 3 is 2.76 bits per heavy atom. The van der Waals surface area contributed by atoms with E-state index in [-0.39, 0.29) is 17.6 Å². The van der Waals surface area contributed by atoms with Crippen molar-refractivity contribution < 1.29 is 14.3 Å². The highest BCUT2D eigenvalue weighted by Gasteiger charge is 2.27. The topological polar surface area (TPSA) is 57.5 Å². The second-order valence-corrected chi connectivity index (χ2v) is 5.11. The molecule has 0 aliphatic heterocycles. The predicted octanol–water partition coefficient (Wildman–Crippen LogP) is 2.52. The van der Waals surface area contributed by atoms with Crippen LogP contribution in [0, 0.1) is 0 Å². The first-order valence-corrected chi connectivity index (χ1v) is 7.05. The van der Waals surface area contributed by atoms with E-state index in [2.05, 4.69) is 0 Å². The van der Waals surface area contributed by atoms with E-state index in [1.54, 1.807) is 26.3 Å². The molecule has 0 spiro atoms. The summed E-state index contributed by atoms with van der Waals surface area (Å²) in [5, 5.41) is 0.492. The molecule has 1 heterocycles. The number of methoxy groups -OCH3 is 1. The zero-order chi connectivity index (χ0) is 15.0. The average molecular weight is 287 g/mol. The molecule has 1 aromatic heterocycles. The van der Waals surface area contributed by atoms with Crippen LogP contribution in [-0.2, 0) is 4.74 Å². The van der Waals surface area contributed by atoms with Crippen LogP contribution in [0.3, 0.4) is 0 Å². The average Bonchev–Trinajstić information content (AvgIpc) is 3.32. The Balaban J connectivity index is 2.26. The molecule has 0 bridgehead atoms. The molecule has 5 nitrogen and oxygen atoms in total. The van der Waals surface area contributed by atoms with Gasteiger partial charge < -0.3 is 14.0 Å². The van der Waals surface area contributed by atoms with Gasteiger partial charge in [0, 0.05) is 12.2 Å². The highest BCUT2D eigenvalue weighted by atomic mass is 16.5. The number of benzene rings is 1. The summed E-state index contributed by atoms with van der Waals surface area (Å²) in [4.78, 5) is 24.5. The van der Waals surface area contributed by atoms with Crippen LogP contribution < -0.4 is 10.2 Å². The Morgan fingerprint density at radius 2 is 2.14 bits per heavy atom. The number of pyridine rings is 1. The van der Waals surface area contributed by atoms with Crippen molar-refractivity contribution in [3.05, 3.63) is 40.2 Å². The molecule has 5 heteroatoms. The molecular formula is C16H17NO4. The Kier molecular flexibility index (Phi) is 3.41. The maximum absolute atomic E-state index is 12.5. The van der Waals surface area contributed by atoms with E-state index in [1.807, 2.05) is 16.7 Å². The lowest BCUT2D eigenvalue weighted by atomic mass is 10.1. The molecule has 1 aliphatic carbocycles. The molecule has 1 saturated carbocycles.